The van der Waals surface area contributed by atoms with Crippen LogP contribution in [0, 0.1) is 11.3 Å². The molecule has 0 radical (unpaired) electrons. The van der Waals surface area contributed by atoms with Gasteiger partial charge in [-0.3, -0.25) is 4.79 Å². The summed E-state index contributed by atoms with van der Waals surface area (Å²) in [6, 6.07) is 24.8. The maximum absolute atomic E-state index is 13.4. The number of nitrogens with zero attached hydrogens (tertiary/aromatic N) is 2. The zero-order chi connectivity index (χ0) is 20.9. The fraction of sp³-hybridized carbons (Fsp3) is 0.167. The number of methoxy groups -OCH3 is 1. The number of hydrogen-bond acceptors (Lipinski definition) is 5. The number of carbonyl (C=O) groups excluding carboxylic acids is 1. The fourth-order valence-electron chi connectivity index (χ4n) is 3.58. The molecule has 6 heteroatoms. The van der Waals surface area contributed by atoms with Gasteiger partial charge in [-0.15, -0.1) is 0 Å². The number of rotatable bonds is 6. The Kier molecular flexibility index (Phi) is 5.53. The average Bonchev–Trinajstić information content (AvgIpc) is 2.80. The number of hydrogen-bond donors (Lipinski definition) is 1. The van der Waals surface area contributed by atoms with Crippen LogP contribution in [0.25, 0.3) is 0 Å². The smallest absolute Gasteiger partial charge is 0.258 e. The molecule has 0 saturated heterocycles. The molecule has 1 heterocycles. The van der Waals surface area contributed by atoms with Crippen molar-refractivity contribution in [2.24, 2.45) is 0 Å². The van der Waals surface area contributed by atoms with Gasteiger partial charge in [0.1, 0.15) is 12.2 Å². The highest BCUT2D eigenvalue weighted by molar-refractivity contribution is 6.01. The summed E-state index contributed by atoms with van der Waals surface area (Å²) in [5.41, 5.74) is 3.33. The summed E-state index contributed by atoms with van der Waals surface area (Å²) in [4.78, 5) is 15.2. The summed E-state index contributed by atoms with van der Waals surface area (Å²) in [6.45, 7) is 0.393. The predicted molar refractivity (Wildman–Crippen MR) is 113 cm³/mol. The minimum absolute atomic E-state index is 0.0398. The molecular weight excluding hydrogens is 378 g/mol. The van der Waals surface area contributed by atoms with E-state index >= 15 is 0 Å². The van der Waals surface area contributed by atoms with Gasteiger partial charge in [0.25, 0.3) is 5.91 Å². The van der Waals surface area contributed by atoms with Crippen LogP contribution in [0.2, 0.25) is 0 Å². The maximum atomic E-state index is 13.4. The normalized spacial score (nSPS) is 15.0. The van der Waals surface area contributed by atoms with Crippen LogP contribution in [0.3, 0.4) is 0 Å². The van der Waals surface area contributed by atoms with Crippen molar-refractivity contribution in [3.63, 3.8) is 0 Å². The molecule has 0 bridgehead atoms. The summed E-state index contributed by atoms with van der Waals surface area (Å²) >= 11 is 0. The van der Waals surface area contributed by atoms with Gasteiger partial charge in [0, 0.05) is 12.2 Å². The Bertz CT molecular complexity index is 1090. The van der Waals surface area contributed by atoms with E-state index in [0.717, 1.165) is 16.8 Å². The Morgan fingerprint density at radius 3 is 2.57 bits per heavy atom. The van der Waals surface area contributed by atoms with E-state index in [9.17, 15) is 4.79 Å². The van der Waals surface area contributed by atoms with Gasteiger partial charge in [-0.05, 0) is 35.4 Å². The molecule has 0 aromatic heterocycles. The van der Waals surface area contributed by atoms with Crippen molar-refractivity contribution in [2.45, 2.75) is 12.7 Å². The van der Waals surface area contributed by atoms with E-state index in [1.54, 1.807) is 13.2 Å². The summed E-state index contributed by atoms with van der Waals surface area (Å²) < 4.78 is 10.9. The number of benzene rings is 3. The van der Waals surface area contributed by atoms with Crippen LogP contribution in [0.4, 0.5) is 5.69 Å². The molecule has 0 spiro atoms. The van der Waals surface area contributed by atoms with Crippen molar-refractivity contribution in [2.75, 3.05) is 19.0 Å². The number of fused-ring (bicyclic) bond motifs is 1. The first-order chi connectivity index (χ1) is 14.7. The summed E-state index contributed by atoms with van der Waals surface area (Å²) in [5, 5.41) is 12.3. The van der Waals surface area contributed by atoms with Crippen LogP contribution in [0.15, 0.2) is 72.8 Å². The van der Waals surface area contributed by atoms with Crippen LogP contribution < -0.4 is 14.8 Å². The van der Waals surface area contributed by atoms with Crippen LogP contribution in [-0.4, -0.2) is 24.5 Å². The van der Waals surface area contributed by atoms with Gasteiger partial charge in [-0.25, -0.2) is 0 Å². The second-order valence-corrected chi connectivity index (χ2v) is 6.87. The molecule has 150 valence electrons. The molecule has 1 amide bonds. The van der Waals surface area contributed by atoms with Crippen molar-refractivity contribution < 1.29 is 14.3 Å². The Morgan fingerprint density at radius 2 is 1.80 bits per heavy atom. The molecule has 6 nitrogen and oxygen atoms in total. The molecule has 4 rings (SSSR count). The van der Waals surface area contributed by atoms with Gasteiger partial charge in [0.2, 0.25) is 0 Å². The molecule has 1 aliphatic heterocycles. The predicted octanol–water partition coefficient (Wildman–Crippen LogP) is 4.36. The Labute approximate surface area is 175 Å². The quantitative estimate of drug-likeness (QED) is 0.666. The number of nitrogens with one attached hydrogen (secondary N) is 1. The van der Waals surface area contributed by atoms with Crippen molar-refractivity contribution >= 4 is 11.6 Å². The molecule has 1 aliphatic rings. The monoisotopic (exact) mass is 399 g/mol. The van der Waals surface area contributed by atoms with Crippen molar-refractivity contribution in [3.05, 3.63) is 89.5 Å². The molecular formula is C24H21N3O3. The molecule has 0 aliphatic carbocycles. The lowest BCUT2D eigenvalue weighted by molar-refractivity contribution is 0.0666. The largest absolute Gasteiger partial charge is 0.493 e. The topological polar surface area (TPSA) is 74.6 Å². The lowest BCUT2D eigenvalue weighted by Gasteiger charge is -2.38. The summed E-state index contributed by atoms with van der Waals surface area (Å²) in [5.74, 6) is 0.956. The van der Waals surface area contributed by atoms with Gasteiger partial charge in [-0.2, -0.15) is 5.26 Å². The highest BCUT2D eigenvalue weighted by Gasteiger charge is 2.33. The summed E-state index contributed by atoms with van der Waals surface area (Å²) in [7, 11) is 1.55. The maximum Gasteiger partial charge on any atom is 0.258 e. The number of amides is 1. The summed E-state index contributed by atoms with van der Waals surface area (Å²) in [6.07, 6.45) is -0.383. The highest BCUT2D eigenvalue weighted by atomic mass is 16.5. The van der Waals surface area contributed by atoms with Gasteiger partial charge in [0.15, 0.2) is 18.1 Å². The van der Waals surface area contributed by atoms with E-state index in [-0.39, 0.29) is 18.7 Å². The first kappa shape index (κ1) is 19.3. The van der Waals surface area contributed by atoms with Crippen molar-refractivity contribution in [1.29, 1.82) is 5.26 Å². The zero-order valence-corrected chi connectivity index (χ0v) is 16.5. The second kappa shape index (κ2) is 8.58. The molecule has 3 aromatic rings. The van der Waals surface area contributed by atoms with Gasteiger partial charge >= 0.3 is 0 Å². The first-order valence-electron chi connectivity index (χ1n) is 9.59. The minimum Gasteiger partial charge on any atom is -0.493 e. The standard InChI is InChI=1S/C24H21N3O3/c1-29-22-15-18(11-12-21(22)30-14-13-25)23-26-20-10-6-5-9-19(20)24(28)27(23)16-17-7-3-2-4-8-17/h2-12,15,23,26H,14,16H2,1H3/t23-/m0/s1. The Morgan fingerprint density at radius 1 is 1.03 bits per heavy atom. The van der Waals surface area contributed by atoms with Gasteiger partial charge in [-0.1, -0.05) is 48.5 Å². The van der Waals surface area contributed by atoms with Crippen LogP contribution in [-0.2, 0) is 6.54 Å². The van der Waals surface area contributed by atoms with E-state index in [1.165, 1.54) is 0 Å². The molecule has 3 aromatic carbocycles. The third kappa shape index (κ3) is 3.78. The number of carbonyl (C=O) groups is 1. The molecule has 1 atom stereocenters. The SMILES string of the molecule is COc1cc([C@H]2Nc3ccccc3C(=O)N2Cc2ccccc2)ccc1OCC#N. The zero-order valence-electron chi connectivity index (χ0n) is 16.5. The lowest BCUT2D eigenvalue weighted by Crippen LogP contribution is -2.42. The molecule has 0 fully saturated rings. The Balaban J connectivity index is 1.73. The second-order valence-electron chi connectivity index (χ2n) is 6.87. The number of anilines is 1. The van der Waals surface area contributed by atoms with Gasteiger partial charge in [0.05, 0.1) is 12.7 Å². The highest BCUT2D eigenvalue weighted by Crippen LogP contribution is 2.37. The molecule has 1 N–H and O–H groups in total. The van der Waals surface area contributed by atoms with E-state index in [2.05, 4.69) is 5.32 Å². The number of nitriles is 1. The third-order valence-electron chi connectivity index (χ3n) is 5.01. The van der Waals surface area contributed by atoms with E-state index in [0.29, 0.717) is 23.6 Å². The van der Waals surface area contributed by atoms with E-state index < -0.39 is 0 Å². The van der Waals surface area contributed by atoms with Crippen LogP contribution in [0.5, 0.6) is 11.5 Å². The van der Waals surface area contributed by atoms with Crippen LogP contribution in [0.1, 0.15) is 27.7 Å². The lowest BCUT2D eigenvalue weighted by atomic mass is 10.0. The van der Waals surface area contributed by atoms with E-state index in [1.807, 2.05) is 77.7 Å². The fourth-order valence-corrected chi connectivity index (χ4v) is 3.58. The van der Waals surface area contributed by atoms with Gasteiger partial charge < -0.3 is 19.7 Å². The number of para-hydroxylation sites is 1. The molecule has 30 heavy (non-hydrogen) atoms. The first-order valence-corrected chi connectivity index (χ1v) is 9.59. The number of ether oxygens (including phenoxy) is 2. The molecule has 0 saturated carbocycles. The van der Waals surface area contributed by atoms with Crippen molar-refractivity contribution in [3.8, 4) is 17.6 Å². The average molecular weight is 399 g/mol. The van der Waals surface area contributed by atoms with Crippen LogP contribution >= 0.6 is 0 Å². The van der Waals surface area contributed by atoms with E-state index in [4.69, 9.17) is 14.7 Å². The Hall–Kier alpha value is -3.98. The van der Waals surface area contributed by atoms with Crippen molar-refractivity contribution in [1.82, 2.24) is 4.90 Å². The molecule has 0 unspecified atom stereocenters. The third-order valence-corrected chi connectivity index (χ3v) is 5.01. The minimum atomic E-state index is -0.383.